The molecule has 0 spiro atoms. The molecule has 0 aliphatic carbocycles. The van der Waals surface area contributed by atoms with Crippen molar-refractivity contribution in [3.63, 3.8) is 0 Å². The van der Waals surface area contributed by atoms with E-state index in [9.17, 15) is 4.79 Å². The van der Waals surface area contributed by atoms with Gasteiger partial charge in [-0.05, 0) is 23.8 Å². The van der Waals surface area contributed by atoms with Gasteiger partial charge in [0.1, 0.15) is 0 Å². The third-order valence-electron chi connectivity index (χ3n) is 3.99. The summed E-state index contributed by atoms with van der Waals surface area (Å²) in [6, 6.07) is 13.5. The number of carbonyl (C=O) groups excluding carboxylic acids is 1. The summed E-state index contributed by atoms with van der Waals surface area (Å²) in [5.41, 5.74) is 2.82. The topological polar surface area (TPSA) is 47.6 Å². The van der Waals surface area contributed by atoms with Gasteiger partial charge in [0.05, 0.1) is 18.8 Å². The Bertz CT molecular complexity index is 728. The second kappa shape index (κ2) is 8.54. The van der Waals surface area contributed by atoms with Crippen molar-refractivity contribution in [3.8, 4) is 11.5 Å². The molecular formula is C19H21NO3S2. The van der Waals surface area contributed by atoms with Crippen LogP contribution in [0.2, 0.25) is 0 Å². The fraction of sp³-hybridized carbons (Fsp3) is 0.316. The second-order valence-corrected chi connectivity index (χ2v) is 8.26. The van der Waals surface area contributed by atoms with Crippen LogP contribution in [-0.4, -0.2) is 31.6 Å². The largest absolute Gasteiger partial charge is 0.493 e. The molecule has 6 heteroatoms. The van der Waals surface area contributed by atoms with E-state index in [4.69, 9.17) is 9.47 Å². The summed E-state index contributed by atoms with van der Waals surface area (Å²) in [6.07, 6.45) is 0. The number of methoxy groups -OCH3 is 2. The fourth-order valence-electron chi connectivity index (χ4n) is 2.71. The number of ether oxygens (including phenoxy) is 2. The van der Waals surface area contributed by atoms with Gasteiger partial charge in [0.25, 0.3) is 5.91 Å². The van der Waals surface area contributed by atoms with Crippen molar-refractivity contribution < 1.29 is 14.3 Å². The first kappa shape index (κ1) is 18.0. The minimum atomic E-state index is -0.0943. The molecule has 0 unspecified atom stereocenters. The third kappa shape index (κ3) is 4.25. The number of benzene rings is 2. The molecule has 1 saturated heterocycles. The molecule has 0 saturated carbocycles. The molecule has 3 rings (SSSR count). The van der Waals surface area contributed by atoms with E-state index in [-0.39, 0.29) is 5.91 Å². The van der Waals surface area contributed by atoms with Gasteiger partial charge in [-0.25, -0.2) is 0 Å². The number of nitrogens with one attached hydrogen (secondary N) is 1. The molecule has 4 nitrogen and oxygen atoms in total. The maximum Gasteiger partial charge on any atom is 0.251 e. The summed E-state index contributed by atoms with van der Waals surface area (Å²) >= 11 is 3.92. The van der Waals surface area contributed by atoms with Gasteiger partial charge < -0.3 is 14.8 Å². The zero-order valence-corrected chi connectivity index (χ0v) is 15.9. The molecule has 0 aromatic heterocycles. The van der Waals surface area contributed by atoms with Gasteiger partial charge in [0.2, 0.25) is 0 Å². The molecule has 25 heavy (non-hydrogen) atoms. The van der Waals surface area contributed by atoms with Gasteiger partial charge in [-0.15, -0.1) is 23.5 Å². The zero-order valence-electron chi connectivity index (χ0n) is 14.3. The Kier molecular flexibility index (Phi) is 6.15. The van der Waals surface area contributed by atoms with Crippen LogP contribution in [0.4, 0.5) is 0 Å². The molecule has 1 N–H and O–H groups in total. The summed E-state index contributed by atoms with van der Waals surface area (Å²) in [5.74, 6) is 3.60. The standard InChI is InChI=1S/C19H21NO3S2/c1-22-16-5-3-4-15(17(16)23-2)12-20-18(21)13-6-8-14(9-7-13)19-24-10-11-25-19/h3-9,19H,10-12H2,1-2H3,(H,20,21). The number of carbonyl (C=O) groups is 1. The normalized spacial score (nSPS) is 14.3. The van der Waals surface area contributed by atoms with Crippen LogP contribution in [0.25, 0.3) is 0 Å². The Balaban J connectivity index is 1.64. The Morgan fingerprint density at radius 1 is 1.08 bits per heavy atom. The predicted octanol–water partition coefficient (Wildman–Crippen LogP) is 4.11. The van der Waals surface area contributed by atoms with Gasteiger partial charge in [0.15, 0.2) is 11.5 Å². The van der Waals surface area contributed by atoms with Crippen molar-refractivity contribution in [2.75, 3.05) is 25.7 Å². The predicted molar refractivity (Wildman–Crippen MR) is 105 cm³/mol. The first-order valence-electron chi connectivity index (χ1n) is 8.04. The van der Waals surface area contributed by atoms with Gasteiger partial charge in [-0.2, -0.15) is 0 Å². The van der Waals surface area contributed by atoms with Crippen LogP contribution in [-0.2, 0) is 6.54 Å². The van der Waals surface area contributed by atoms with Crippen LogP contribution in [0.15, 0.2) is 42.5 Å². The van der Waals surface area contributed by atoms with Crippen molar-refractivity contribution >= 4 is 29.4 Å². The van der Waals surface area contributed by atoms with E-state index in [0.29, 0.717) is 28.2 Å². The maximum absolute atomic E-state index is 12.4. The Morgan fingerprint density at radius 2 is 1.80 bits per heavy atom. The highest BCUT2D eigenvalue weighted by Gasteiger charge is 2.18. The molecule has 2 aromatic carbocycles. The van der Waals surface area contributed by atoms with Gasteiger partial charge in [-0.3, -0.25) is 4.79 Å². The van der Waals surface area contributed by atoms with E-state index in [1.807, 2.05) is 53.9 Å². The smallest absolute Gasteiger partial charge is 0.251 e. The molecule has 1 fully saturated rings. The van der Waals surface area contributed by atoms with Crippen LogP contribution in [0.3, 0.4) is 0 Å². The average Bonchev–Trinajstić information content (AvgIpc) is 3.20. The minimum absolute atomic E-state index is 0.0943. The first-order chi connectivity index (χ1) is 12.2. The van der Waals surface area contributed by atoms with Gasteiger partial charge in [0, 0.05) is 29.2 Å². The highest BCUT2D eigenvalue weighted by molar-refractivity contribution is 8.19. The molecule has 2 aromatic rings. The van der Waals surface area contributed by atoms with Crippen LogP contribution in [0.1, 0.15) is 26.1 Å². The van der Waals surface area contributed by atoms with Crippen molar-refractivity contribution in [1.82, 2.24) is 5.32 Å². The van der Waals surface area contributed by atoms with E-state index in [1.54, 1.807) is 14.2 Å². The zero-order chi connectivity index (χ0) is 17.6. The number of rotatable bonds is 6. The molecule has 0 radical (unpaired) electrons. The van der Waals surface area contributed by atoms with Gasteiger partial charge >= 0.3 is 0 Å². The van der Waals surface area contributed by atoms with Crippen molar-refractivity contribution in [2.24, 2.45) is 0 Å². The summed E-state index contributed by atoms with van der Waals surface area (Å²) in [7, 11) is 3.20. The molecule has 1 aliphatic rings. The number of amides is 1. The number of thioether (sulfide) groups is 2. The summed E-state index contributed by atoms with van der Waals surface area (Å²) < 4.78 is 11.2. The lowest BCUT2D eigenvalue weighted by atomic mass is 10.1. The van der Waals surface area contributed by atoms with E-state index in [2.05, 4.69) is 17.4 Å². The van der Waals surface area contributed by atoms with Crippen LogP contribution >= 0.6 is 23.5 Å². The van der Waals surface area contributed by atoms with Gasteiger partial charge in [-0.1, -0.05) is 24.3 Å². The highest BCUT2D eigenvalue weighted by Crippen LogP contribution is 2.45. The van der Waals surface area contributed by atoms with Crippen molar-refractivity contribution in [1.29, 1.82) is 0 Å². The van der Waals surface area contributed by atoms with Crippen LogP contribution < -0.4 is 14.8 Å². The lowest BCUT2D eigenvalue weighted by molar-refractivity contribution is 0.0950. The summed E-state index contributed by atoms with van der Waals surface area (Å²) in [4.78, 5) is 12.4. The molecule has 1 amide bonds. The molecule has 1 aliphatic heterocycles. The minimum Gasteiger partial charge on any atom is -0.493 e. The lowest BCUT2D eigenvalue weighted by Gasteiger charge is -2.13. The molecule has 132 valence electrons. The number of hydrogen-bond acceptors (Lipinski definition) is 5. The quantitative estimate of drug-likeness (QED) is 0.823. The maximum atomic E-state index is 12.4. The van der Waals surface area contributed by atoms with Crippen LogP contribution in [0, 0.1) is 0 Å². The monoisotopic (exact) mass is 375 g/mol. The van der Waals surface area contributed by atoms with E-state index in [1.165, 1.54) is 17.1 Å². The molecule has 0 atom stereocenters. The first-order valence-corrected chi connectivity index (χ1v) is 10.1. The van der Waals surface area contributed by atoms with E-state index < -0.39 is 0 Å². The molecule has 0 bridgehead atoms. The average molecular weight is 376 g/mol. The SMILES string of the molecule is COc1cccc(CNC(=O)c2ccc(C3SCCS3)cc2)c1OC. The Hall–Kier alpha value is -1.79. The number of para-hydroxylation sites is 1. The lowest BCUT2D eigenvalue weighted by Crippen LogP contribution is -2.23. The highest BCUT2D eigenvalue weighted by atomic mass is 32.2. The fourth-order valence-corrected chi connectivity index (χ4v) is 5.57. The third-order valence-corrected chi connectivity index (χ3v) is 7.10. The summed E-state index contributed by atoms with van der Waals surface area (Å²) in [6.45, 7) is 0.384. The van der Waals surface area contributed by atoms with Crippen LogP contribution in [0.5, 0.6) is 11.5 Å². The Morgan fingerprint density at radius 3 is 2.44 bits per heavy atom. The second-order valence-electron chi connectivity index (χ2n) is 5.53. The molecule has 1 heterocycles. The number of hydrogen-bond donors (Lipinski definition) is 1. The van der Waals surface area contributed by atoms with E-state index in [0.717, 1.165) is 5.56 Å². The van der Waals surface area contributed by atoms with E-state index >= 15 is 0 Å². The van der Waals surface area contributed by atoms with Crippen molar-refractivity contribution in [3.05, 3.63) is 59.2 Å². The summed E-state index contributed by atoms with van der Waals surface area (Å²) in [5, 5.41) is 2.95. The Labute approximate surface area is 156 Å². The molecular weight excluding hydrogens is 354 g/mol. The van der Waals surface area contributed by atoms with Crippen molar-refractivity contribution in [2.45, 2.75) is 11.1 Å².